The molecular weight excluding hydrogens is 377 g/mol. The van der Waals surface area contributed by atoms with E-state index in [-0.39, 0.29) is 35.2 Å². The summed E-state index contributed by atoms with van der Waals surface area (Å²) in [6.45, 7) is 5.43. The fourth-order valence-corrected chi connectivity index (χ4v) is 2.11. The van der Waals surface area contributed by atoms with Crippen LogP contribution in [0.5, 0.6) is 5.88 Å². The SMILES string of the molecule is C=C/C(=C/C(=N\C(=N)c1cccc(OC)n1)Nc1ccncc1F)C(=O)OCC. The van der Waals surface area contributed by atoms with E-state index in [1.807, 2.05) is 0 Å². The van der Waals surface area contributed by atoms with Gasteiger partial charge in [0.15, 0.2) is 11.7 Å². The number of aromatic nitrogens is 2. The number of aliphatic imine (C=N–C) groups is 1. The summed E-state index contributed by atoms with van der Waals surface area (Å²) in [6.07, 6.45) is 5.00. The number of esters is 1. The van der Waals surface area contributed by atoms with E-state index >= 15 is 0 Å². The quantitative estimate of drug-likeness (QED) is 0.244. The minimum Gasteiger partial charge on any atom is -0.481 e. The Labute approximate surface area is 167 Å². The molecule has 0 aliphatic heterocycles. The Balaban J connectivity index is 2.46. The third kappa shape index (κ3) is 6.06. The Morgan fingerprint density at radius 2 is 2.21 bits per heavy atom. The standard InChI is InChI=1S/C20H20FN5O3/c1-4-13(20(27)29-5-2)11-17(24-15-9-10-23-12-14(15)21)26-19(22)16-7-6-8-18(25-16)28-3/h4,6-12H,1,5H2,2-3H3,(H2,22,23,24,26)/b13-11-. The first-order valence-corrected chi connectivity index (χ1v) is 8.55. The summed E-state index contributed by atoms with van der Waals surface area (Å²) in [5, 5.41) is 11.0. The highest BCUT2D eigenvalue weighted by molar-refractivity contribution is 6.15. The Bertz CT molecular complexity index is 972. The smallest absolute Gasteiger partial charge is 0.338 e. The zero-order chi connectivity index (χ0) is 21.2. The monoisotopic (exact) mass is 397 g/mol. The average molecular weight is 397 g/mol. The molecule has 0 atom stereocenters. The lowest BCUT2D eigenvalue weighted by molar-refractivity contribution is -0.138. The van der Waals surface area contributed by atoms with Crippen molar-refractivity contribution in [1.82, 2.24) is 9.97 Å². The molecule has 0 aliphatic carbocycles. The van der Waals surface area contributed by atoms with Crippen LogP contribution in [0.25, 0.3) is 0 Å². The van der Waals surface area contributed by atoms with Gasteiger partial charge in [-0.2, -0.15) is 0 Å². The second-order valence-electron chi connectivity index (χ2n) is 5.42. The molecule has 0 fully saturated rings. The molecule has 0 saturated carbocycles. The van der Waals surface area contributed by atoms with Gasteiger partial charge < -0.3 is 14.8 Å². The highest BCUT2D eigenvalue weighted by Crippen LogP contribution is 2.13. The van der Waals surface area contributed by atoms with Crippen LogP contribution in [-0.4, -0.2) is 41.3 Å². The summed E-state index contributed by atoms with van der Waals surface area (Å²) in [4.78, 5) is 24.0. The molecule has 0 unspecified atom stereocenters. The van der Waals surface area contributed by atoms with Crippen molar-refractivity contribution in [1.29, 1.82) is 5.41 Å². The van der Waals surface area contributed by atoms with Gasteiger partial charge in [0.25, 0.3) is 0 Å². The highest BCUT2D eigenvalue weighted by Gasteiger charge is 2.12. The number of carbonyl (C=O) groups excluding carboxylic acids is 1. The maximum absolute atomic E-state index is 14.0. The first kappa shape index (κ1) is 21.4. The number of halogens is 1. The number of hydrogen-bond acceptors (Lipinski definition) is 6. The number of carbonyl (C=O) groups is 1. The first-order chi connectivity index (χ1) is 14.0. The molecule has 2 aromatic heterocycles. The van der Waals surface area contributed by atoms with E-state index in [1.54, 1.807) is 25.1 Å². The molecule has 0 radical (unpaired) electrons. The van der Waals surface area contributed by atoms with Crippen LogP contribution in [0.2, 0.25) is 0 Å². The maximum atomic E-state index is 14.0. The molecule has 2 N–H and O–H groups in total. The van der Waals surface area contributed by atoms with Crippen molar-refractivity contribution in [2.45, 2.75) is 6.92 Å². The van der Waals surface area contributed by atoms with Crippen molar-refractivity contribution in [3.63, 3.8) is 0 Å². The van der Waals surface area contributed by atoms with E-state index in [1.165, 1.54) is 31.5 Å². The van der Waals surface area contributed by atoms with Crippen LogP contribution >= 0.6 is 0 Å². The number of nitrogens with one attached hydrogen (secondary N) is 2. The van der Waals surface area contributed by atoms with Crippen LogP contribution < -0.4 is 10.1 Å². The molecule has 150 valence electrons. The van der Waals surface area contributed by atoms with Crippen molar-refractivity contribution in [2.75, 3.05) is 19.0 Å². The van der Waals surface area contributed by atoms with E-state index in [0.717, 1.165) is 6.20 Å². The van der Waals surface area contributed by atoms with Gasteiger partial charge in [0.05, 0.1) is 31.2 Å². The van der Waals surface area contributed by atoms with Gasteiger partial charge in [0.2, 0.25) is 5.88 Å². The normalized spacial score (nSPS) is 11.6. The molecule has 0 aromatic carbocycles. The first-order valence-electron chi connectivity index (χ1n) is 8.55. The fourth-order valence-electron chi connectivity index (χ4n) is 2.11. The minimum atomic E-state index is -0.629. The molecule has 2 aromatic rings. The second kappa shape index (κ2) is 10.5. The molecule has 0 bridgehead atoms. The van der Waals surface area contributed by atoms with Gasteiger partial charge >= 0.3 is 5.97 Å². The summed E-state index contributed by atoms with van der Waals surface area (Å²) < 4.78 is 24.0. The van der Waals surface area contributed by atoms with E-state index in [9.17, 15) is 9.18 Å². The third-order valence-electron chi connectivity index (χ3n) is 3.47. The third-order valence-corrected chi connectivity index (χ3v) is 3.47. The van der Waals surface area contributed by atoms with Crippen LogP contribution in [0.15, 0.2) is 66.0 Å². The summed E-state index contributed by atoms with van der Waals surface area (Å²) in [6, 6.07) is 6.25. The number of methoxy groups -OCH3 is 1. The summed E-state index contributed by atoms with van der Waals surface area (Å²) in [5.74, 6) is -1.17. The number of amidine groups is 2. The van der Waals surface area contributed by atoms with E-state index < -0.39 is 11.8 Å². The van der Waals surface area contributed by atoms with Gasteiger partial charge in [-0.25, -0.2) is 19.2 Å². The Morgan fingerprint density at radius 1 is 1.41 bits per heavy atom. The zero-order valence-corrected chi connectivity index (χ0v) is 16.0. The van der Waals surface area contributed by atoms with Gasteiger partial charge in [-0.15, -0.1) is 0 Å². The summed E-state index contributed by atoms with van der Waals surface area (Å²) in [7, 11) is 1.46. The molecule has 9 heteroatoms. The van der Waals surface area contributed by atoms with Crippen molar-refractivity contribution in [3.05, 3.63) is 72.5 Å². The number of hydrogen-bond donors (Lipinski definition) is 2. The maximum Gasteiger partial charge on any atom is 0.338 e. The second-order valence-corrected chi connectivity index (χ2v) is 5.42. The van der Waals surface area contributed by atoms with Gasteiger partial charge in [-0.05, 0) is 25.1 Å². The van der Waals surface area contributed by atoms with Crippen molar-refractivity contribution in [3.8, 4) is 5.88 Å². The number of nitrogens with zero attached hydrogens (tertiary/aromatic N) is 3. The topological polar surface area (TPSA) is 110 Å². The number of anilines is 1. The molecule has 0 amide bonds. The predicted octanol–water partition coefficient (Wildman–Crippen LogP) is 3.14. The van der Waals surface area contributed by atoms with Crippen LogP contribution in [0.4, 0.5) is 10.1 Å². The summed E-state index contributed by atoms with van der Waals surface area (Å²) in [5.41, 5.74) is 0.371. The zero-order valence-electron chi connectivity index (χ0n) is 16.0. The average Bonchev–Trinajstić information content (AvgIpc) is 2.73. The number of ether oxygens (including phenoxy) is 2. The van der Waals surface area contributed by atoms with Crippen LogP contribution in [0.1, 0.15) is 12.6 Å². The molecule has 0 aliphatic rings. The molecule has 2 rings (SSSR count). The lowest BCUT2D eigenvalue weighted by atomic mass is 10.2. The molecule has 29 heavy (non-hydrogen) atoms. The van der Waals surface area contributed by atoms with Crippen LogP contribution in [-0.2, 0) is 9.53 Å². The largest absolute Gasteiger partial charge is 0.481 e. The molecule has 0 saturated heterocycles. The fraction of sp³-hybridized carbons (Fsp3) is 0.150. The van der Waals surface area contributed by atoms with Gasteiger partial charge in [0, 0.05) is 12.3 Å². The van der Waals surface area contributed by atoms with Crippen molar-refractivity contribution < 1.29 is 18.7 Å². The van der Waals surface area contributed by atoms with Gasteiger partial charge in [0.1, 0.15) is 11.5 Å². The molecule has 2 heterocycles. The molecule has 0 spiro atoms. The van der Waals surface area contributed by atoms with E-state index in [2.05, 4.69) is 26.9 Å². The lowest BCUT2D eigenvalue weighted by Crippen LogP contribution is -2.16. The molecule has 8 nitrogen and oxygen atoms in total. The lowest BCUT2D eigenvalue weighted by Gasteiger charge is -2.10. The van der Waals surface area contributed by atoms with Crippen LogP contribution in [0.3, 0.4) is 0 Å². The highest BCUT2D eigenvalue weighted by atomic mass is 19.1. The predicted molar refractivity (Wildman–Crippen MR) is 108 cm³/mol. The molecular formula is C20H20FN5O3. The van der Waals surface area contributed by atoms with Crippen molar-refractivity contribution in [2.24, 2.45) is 4.99 Å². The number of rotatable bonds is 7. The Morgan fingerprint density at radius 3 is 2.86 bits per heavy atom. The Hall–Kier alpha value is -3.88. The van der Waals surface area contributed by atoms with E-state index in [0.29, 0.717) is 5.88 Å². The van der Waals surface area contributed by atoms with E-state index in [4.69, 9.17) is 14.9 Å². The van der Waals surface area contributed by atoms with Gasteiger partial charge in [-0.1, -0.05) is 18.7 Å². The minimum absolute atomic E-state index is 0.00710. The summed E-state index contributed by atoms with van der Waals surface area (Å²) >= 11 is 0. The van der Waals surface area contributed by atoms with Crippen LogP contribution in [0, 0.1) is 11.2 Å². The van der Waals surface area contributed by atoms with Gasteiger partial charge in [-0.3, -0.25) is 10.4 Å². The Kier molecular flexibility index (Phi) is 7.72. The number of pyridine rings is 2. The van der Waals surface area contributed by atoms with Crippen molar-refractivity contribution >= 4 is 23.3 Å².